The van der Waals surface area contributed by atoms with E-state index in [1.54, 1.807) is 43.3 Å². The number of amidine groups is 1. The molecule has 1 fully saturated rings. The molecule has 0 bridgehead atoms. The summed E-state index contributed by atoms with van der Waals surface area (Å²) in [4.78, 5) is 28.1. The van der Waals surface area contributed by atoms with E-state index in [1.165, 1.54) is 6.21 Å². The highest BCUT2D eigenvalue weighted by Crippen LogP contribution is 2.35. The number of anilines is 1. The number of amides is 1. The standard InChI is InChI=1S/C20H18F3N5O3S/c1-28(2)17-14(7-13(10-24-17)20(21,22)23)12-5-3-4-11(6-12)9-25-27-19-26-18(31)15(32-19)8-16(29)30/h3-7,9-10,15H,8H2,1-2H3,(H,29,30)(H,26,27,31). The molecule has 0 radical (unpaired) electrons. The van der Waals surface area contributed by atoms with Crippen LogP contribution in [0, 0.1) is 0 Å². The van der Waals surface area contributed by atoms with Gasteiger partial charge in [0.2, 0.25) is 5.91 Å². The quantitative estimate of drug-likeness (QED) is 0.501. The molecule has 2 N–H and O–H groups in total. The van der Waals surface area contributed by atoms with Crippen LogP contribution in [-0.4, -0.2) is 52.7 Å². The van der Waals surface area contributed by atoms with Gasteiger partial charge >= 0.3 is 12.1 Å². The Morgan fingerprint density at radius 3 is 2.75 bits per heavy atom. The van der Waals surface area contributed by atoms with Crippen molar-refractivity contribution in [2.75, 3.05) is 19.0 Å². The molecule has 1 aromatic carbocycles. The van der Waals surface area contributed by atoms with Crippen LogP contribution in [0.3, 0.4) is 0 Å². The molecule has 0 saturated carbocycles. The van der Waals surface area contributed by atoms with E-state index in [4.69, 9.17) is 5.11 Å². The molecule has 0 aliphatic carbocycles. The maximum Gasteiger partial charge on any atom is 0.417 e. The number of carbonyl (C=O) groups is 2. The number of hydrogen-bond donors (Lipinski definition) is 2. The van der Waals surface area contributed by atoms with Crippen molar-refractivity contribution in [3.05, 3.63) is 47.7 Å². The zero-order valence-electron chi connectivity index (χ0n) is 16.9. The van der Waals surface area contributed by atoms with Crippen LogP contribution < -0.4 is 10.2 Å². The van der Waals surface area contributed by atoms with Gasteiger partial charge in [-0.3, -0.25) is 9.59 Å². The molecule has 32 heavy (non-hydrogen) atoms. The second-order valence-corrected chi connectivity index (χ2v) is 8.15. The van der Waals surface area contributed by atoms with Crippen molar-refractivity contribution < 1.29 is 27.9 Å². The number of benzene rings is 1. The van der Waals surface area contributed by atoms with Gasteiger partial charge in [-0.2, -0.15) is 18.3 Å². The second-order valence-electron chi connectivity index (χ2n) is 6.96. The number of pyridine rings is 1. The monoisotopic (exact) mass is 465 g/mol. The van der Waals surface area contributed by atoms with Crippen LogP contribution in [0.2, 0.25) is 0 Å². The van der Waals surface area contributed by atoms with E-state index in [0.717, 1.165) is 24.0 Å². The molecular weight excluding hydrogens is 447 g/mol. The van der Waals surface area contributed by atoms with Crippen molar-refractivity contribution >= 4 is 40.8 Å². The fourth-order valence-electron chi connectivity index (χ4n) is 2.86. The minimum atomic E-state index is -4.52. The first kappa shape index (κ1) is 23.3. The molecule has 2 aromatic rings. The van der Waals surface area contributed by atoms with Crippen molar-refractivity contribution in [3.63, 3.8) is 0 Å². The highest BCUT2D eigenvalue weighted by Gasteiger charge is 2.33. The molecule has 0 spiro atoms. The predicted octanol–water partition coefficient (Wildman–Crippen LogP) is 3.23. The van der Waals surface area contributed by atoms with Crippen LogP contribution in [0.1, 0.15) is 17.5 Å². The van der Waals surface area contributed by atoms with E-state index in [1.807, 2.05) is 0 Å². The molecule has 8 nitrogen and oxygen atoms in total. The molecule has 1 unspecified atom stereocenters. The number of carboxylic acids is 1. The third-order valence-corrected chi connectivity index (χ3v) is 5.38. The van der Waals surface area contributed by atoms with Crippen LogP contribution in [0.25, 0.3) is 11.1 Å². The molecule has 2 heterocycles. The molecule has 1 saturated heterocycles. The summed E-state index contributed by atoms with van der Waals surface area (Å²) in [5.74, 6) is -1.18. The third kappa shape index (κ3) is 5.63. The van der Waals surface area contributed by atoms with Crippen molar-refractivity contribution in [1.82, 2.24) is 10.3 Å². The van der Waals surface area contributed by atoms with E-state index >= 15 is 0 Å². The van der Waals surface area contributed by atoms with Gasteiger partial charge in [-0.25, -0.2) is 4.98 Å². The summed E-state index contributed by atoms with van der Waals surface area (Å²) in [5.41, 5.74) is 0.523. The maximum absolute atomic E-state index is 13.2. The lowest BCUT2D eigenvalue weighted by atomic mass is 10.0. The van der Waals surface area contributed by atoms with Crippen molar-refractivity contribution in [1.29, 1.82) is 0 Å². The average Bonchev–Trinajstić information content (AvgIpc) is 3.05. The minimum Gasteiger partial charge on any atom is -0.481 e. The lowest BCUT2D eigenvalue weighted by Gasteiger charge is -2.18. The van der Waals surface area contributed by atoms with Crippen LogP contribution in [0.4, 0.5) is 19.0 Å². The summed E-state index contributed by atoms with van der Waals surface area (Å²) >= 11 is 0.966. The zero-order chi connectivity index (χ0) is 23.5. The van der Waals surface area contributed by atoms with Gasteiger partial charge in [-0.15, -0.1) is 5.10 Å². The molecule has 1 amide bonds. The number of nitrogens with one attached hydrogen (secondary N) is 1. The summed E-state index contributed by atoms with van der Waals surface area (Å²) in [7, 11) is 3.37. The maximum atomic E-state index is 13.2. The summed E-state index contributed by atoms with van der Waals surface area (Å²) < 4.78 is 39.5. The minimum absolute atomic E-state index is 0.172. The number of aliphatic carboxylic acids is 1. The fraction of sp³-hybridized carbons (Fsp3) is 0.250. The fourth-order valence-corrected chi connectivity index (χ4v) is 3.78. The Kier molecular flexibility index (Phi) is 6.82. The van der Waals surface area contributed by atoms with Gasteiger partial charge < -0.3 is 15.3 Å². The number of aromatic nitrogens is 1. The Morgan fingerprint density at radius 1 is 1.34 bits per heavy atom. The Bertz CT molecular complexity index is 1100. The van der Waals surface area contributed by atoms with Gasteiger partial charge in [0.15, 0.2) is 5.17 Å². The lowest BCUT2D eigenvalue weighted by Crippen LogP contribution is -2.26. The summed E-state index contributed by atoms with van der Waals surface area (Å²) in [6.07, 6.45) is -2.68. The number of carbonyl (C=O) groups excluding carboxylic acids is 1. The lowest BCUT2D eigenvalue weighted by molar-refractivity contribution is -0.138. The first-order valence-electron chi connectivity index (χ1n) is 9.20. The van der Waals surface area contributed by atoms with Gasteiger partial charge in [0.1, 0.15) is 11.1 Å². The number of hydrogen-bond acceptors (Lipinski definition) is 7. The summed E-state index contributed by atoms with van der Waals surface area (Å²) in [6, 6.07) is 7.71. The molecular formula is C20H18F3N5O3S. The molecule has 1 aromatic heterocycles. The number of carboxylic acid groups (broad SMARTS) is 1. The Labute approximate surface area is 185 Å². The van der Waals surface area contributed by atoms with Crippen LogP contribution in [0.15, 0.2) is 46.7 Å². The number of nitrogens with zero attached hydrogens (tertiary/aromatic N) is 4. The van der Waals surface area contributed by atoms with Crippen molar-refractivity contribution in [2.24, 2.45) is 10.2 Å². The van der Waals surface area contributed by atoms with E-state index in [0.29, 0.717) is 22.5 Å². The van der Waals surface area contributed by atoms with Gasteiger partial charge in [0, 0.05) is 25.9 Å². The second kappa shape index (κ2) is 9.39. The van der Waals surface area contributed by atoms with Crippen molar-refractivity contribution in [2.45, 2.75) is 17.8 Å². The van der Waals surface area contributed by atoms with Gasteiger partial charge in [-0.05, 0) is 23.3 Å². The Hall–Kier alpha value is -3.41. The van der Waals surface area contributed by atoms with Gasteiger partial charge in [0.05, 0.1) is 18.2 Å². The highest BCUT2D eigenvalue weighted by atomic mass is 32.2. The third-order valence-electron chi connectivity index (χ3n) is 4.31. The molecule has 12 heteroatoms. The number of alkyl halides is 3. The molecule has 168 valence electrons. The van der Waals surface area contributed by atoms with E-state index in [-0.39, 0.29) is 11.6 Å². The smallest absolute Gasteiger partial charge is 0.417 e. The molecule has 3 rings (SSSR count). The number of rotatable bonds is 6. The Balaban J connectivity index is 1.85. The zero-order valence-corrected chi connectivity index (χ0v) is 17.7. The largest absolute Gasteiger partial charge is 0.481 e. The Morgan fingerprint density at radius 2 is 2.09 bits per heavy atom. The topological polar surface area (TPSA) is 107 Å². The van der Waals surface area contributed by atoms with E-state index < -0.39 is 28.9 Å². The summed E-state index contributed by atoms with van der Waals surface area (Å²) in [5, 5.41) is 18.4. The summed E-state index contributed by atoms with van der Waals surface area (Å²) in [6.45, 7) is 0. The van der Waals surface area contributed by atoms with Crippen LogP contribution >= 0.6 is 11.8 Å². The predicted molar refractivity (Wildman–Crippen MR) is 116 cm³/mol. The van der Waals surface area contributed by atoms with E-state index in [2.05, 4.69) is 20.5 Å². The van der Waals surface area contributed by atoms with Crippen molar-refractivity contribution in [3.8, 4) is 11.1 Å². The van der Waals surface area contributed by atoms with E-state index in [9.17, 15) is 22.8 Å². The number of halogens is 3. The number of thioether (sulfide) groups is 1. The SMILES string of the molecule is CN(C)c1ncc(C(F)(F)F)cc1-c1cccc(C=NN=C2NC(=O)C(CC(=O)O)S2)c1. The van der Waals surface area contributed by atoms with Crippen LogP contribution in [-0.2, 0) is 15.8 Å². The normalized spacial score (nSPS) is 17.7. The average molecular weight is 465 g/mol. The van der Waals surface area contributed by atoms with Gasteiger partial charge in [-0.1, -0.05) is 30.0 Å². The first-order chi connectivity index (χ1) is 15.0. The molecule has 1 aliphatic rings. The first-order valence-corrected chi connectivity index (χ1v) is 10.1. The molecule has 1 atom stereocenters. The van der Waals surface area contributed by atoms with Gasteiger partial charge in [0.25, 0.3) is 0 Å². The van der Waals surface area contributed by atoms with Crippen LogP contribution in [0.5, 0.6) is 0 Å². The molecule has 1 aliphatic heterocycles. The highest BCUT2D eigenvalue weighted by molar-refractivity contribution is 8.15.